The predicted molar refractivity (Wildman–Crippen MR) is 94.9 cm³/mol. The summed E-state index contributed by atoms with van der Waals surface area (Å²) < 4.78 is 5.15. The fourth-order valence-corrected chi connectivity index (χ4v) is 1.99. The smallest absolute Gasteiger partial charge is 0.335 e. The maximum Gasteiger partial charge on any atom is 0.335 e. The van der Waals surface area contributed by atoms with Gasteiger partial charge in [0.25, 0.3) is 5.91 Å². The molecule has 26 heavy (non-hydrogen) atoms. The molecule has 0 aliphatic carbocycles. The van der Waals surface area contributed by atoms with Gasteiger partial charge in [-0.1, -0.05) is 12.1 Å². The number of nitrogens with zero attached hydrogens (tertiary/aromatic N) is 2. The van der Waals surface area contributed by atoms with Gasteiger partial charge in [-0.15, -0.1) is 5.11 Å². The predicted octanol–water partition coefficient (Wildman–Crippen LogP) is 3.91. The molecule has 0 heterocycles. The number of rotatable bonds is 6. The average molecular weight is 355 g/mol. The van der Waals surface area contributed by atoms with Crippen molar-refractivity contribution >= 4 is 23.3 Å². The van der Waals surface area contributed by atoms with E-state index in [2.05, 4.69) is 15.5 Å². The Morgan fingerprint density at radius 3 is 2.27 bits per heavy atom. The molecule has 0 saturated heterocycles. The fourth-order valence-electron chi connectivity index (χ4n) is 1.99. The minimum Gasteiger partial charge on any atom is -0.510 e. The number of amides is 1. The second-order valence-corrected chi connectivity index (χ2v) is 5.14. The molecule has 8 nitrogen and oxygen atoms in total. The van der Waals surface area contributed by atoms with Crippen LogP contribution in [-0.2, 0) is 4.79 Å². The fraction of sp³-hybridized carbons (Fsp3) is 0.111. The Morgan fingerprint density at radius 2 is 1.69 bits per heavy atom. The molecular weight excluding hydrogens is 338 g/mol. The van der Waals surface area contributed by atoms with Crippen LogP contribution in [0.5, 0.6) is 5.75 Å². The maximum atomic E-state index is 12.4. The van der Waals surface area contributed by atoms with Crippen molar-refractivity contribution in [1.82, 2.24) is 0 Å². The van der Waals surface area contributed by atoms with Crippen LogP contribution in [0, 0.1) is 0 Å². The molecule has 8 heteroatoms. The number of benzene rings is 2. The minimum atomic E-state index is -1.06. The third-order valence-corrected chi connectivity index (χ3v) is 3.29. The number of aliphatic hydroxyl groups is 1. The lowest BCUT2D eigenvalue weighted by atomic mass is 10.2. The van der Waals surface area contributed by atoms with Crippen molar-refractivity contribution in [3.05, 3.63) is 65.6 Å². The monoisotopic (exact) mass is 355 g/mol. The first-order valence-electron chi connectivity index (χ1n) is 7.51. The molecule has 2 rings (SSSR count). The topological polar surface area (TPSA) is 121 Å². The molecule has 2 aromatic carbocycles. The van der Waals surface area contributed by atoms with Gasteiger partial charge in [0.05, 0.1) is 24.0 Å². The highest BCUT2D eigenvalue weighted by Crippen LogP contribution is 2.24. The molecule has 0 aliphatic heterocycles. The first-order valence-corrected chi connectivity index (χ1v) is 7.51. The second kappa shape index (κ2) is 8.43. The van der Waals surface area contributed by atoms with Crippen LogP contribution in [0.25, 0.3) is 0 Å². The number of anilines is 1. The molecule has 2 aromatic rings. The number of aliphatic hydroxyl groups excluding tert-OH is 1. The van der Waals surface area contributed by atoms with Crippen LogP contribution < -0.4 is 10.1 Å². The molecule has 0 radical (unpaired) electrons. The Balaban J connectivity index is 2.19. The lowest BCUT2D eigenvalue weighted by molar-refractivity contribution is -0.113. The minimum absolute atomic E-state index is 0.104. The maximum absolute atomic E-state index is 12.4. The van der Waals surface area contributed by atoms with Gasteiger partial charge < -0.3 is 20.3 Å². The van der Waals surface area contributed by atoms with Gasteiger partial charge in [-0.05, 0) is 43.3 Å². The quantitative estimate of drug-likeness (QED) is 0.412. The van der Waals surface area contributed by atoms with Crippen LogP contribution in [0.3, 0.4) is 0 Å². The number of carboxylic acids is 1. The van der Waals surface area contributed by atoms with Gasteiger partial charge in [0.15, 0.2) is 5.70 Å². The molecule has 0 bridgehead atoms. The van der Waals surface area contributed by atoms with E-state index in [0.717, 1.165) is 0 Å². The Bertz CT molecular complexity index is 869. The molecule has 0 aromatic heterocycles. The highest BCUT2D eigenvalue weighted by Gasteiger charge is 2.15. The van der Waals surface area contributed by atoms with Crippen LogP contribution in [0.2, 0.25) is 0 Å². The van der Waals surface area contributed by atoms with Crippen molar-refractivity contribution in [2.75, 3.05) is 12.4 Å². The van der Waals surface area contributed by atoms with E-state index >= 15 is 0 Å². The molecule has 1 amide bonds. The van der Waals surface area contributed by atoms with Crippen LogP contribution >= 0.6 is 0 Å². The lowest BCUT2D eigenvalue weighted by Gasteiger charge is -2.09. The summed E-state index contributed by atoms with van der Waals surface area (Å²) in [6.07, 6.45) is 0. The zero-order chi connectivity index (χ0) is 19.1. The van der Waals surface area contributed by atoms with Crippen LogP contribution in [0.15, 0.2) is 70.2 Å². The zero-order valence-corrected chi connectivity index (χ0v) is 14.1. The Hall–Kier alpha value is -3.68. The number of para-hydroxylation sites is 2. The summed E-state index contributed by atoms with van der Waals surface area (Å²) in [5.74, 6) is -1.59. The largest absolute Gasteiger partial charge is 0.510 e. The number of methoxy groups -OCH3 is 1. The van der Waals surface area contributed by atoms with E-state index in [4.69, 9.17) is 9.84 Å². The molecule has 0 saturated carbocycles. The summed E-state index contributed by atoms with van der Waals surface area (Å²) in [6, 6.07) is 12.4. The zero-order valence-electron chi connectivity index (χ0n) is 14.1. The lowest BCUT2D eigenvalue weighted by Crippen LogP contribution is -2.15. The first kappa shape index (κ1) is 18.7. The number of carbonyl (C=O) groups is 2. The number of aromatic carboxylic acids is 1. The molecule has 134 valence electrons. The number of allylic oxidation sites excluding steroid dienone is 1. The van der Waals surface area contributed by atoms with Crippen molar-refractivity contribution in [3.63, 3.8) is 0 Å². The van der Waals surface area contributed by atoms with E-state index in [-0.39, 0.29) is 17.0 Å². The normalized spacial score (nSPS) is 11.8. The molecule has 0 spiro atoms. The molecular formula is C18H17N3O5. The summed E-state index contributed by atoms with van der Waals surface area (Å²) >= 11 is 0. The molecule has 3 N–H and O–H groups in total. The number of azo groups is 1. The van der Waals surface area contributed by atoms with E-state index in [0.29, 0.717) is 17.1 Å². The Labute approximate surface area is 149 Å². The summed E-state index contributed by atoms with van der Waals surface area (Å²) in [5.41, 5.74) is 0.573. The Morgan fingerprint density at radius 1 is 1.04 bits per heavy atom. The average Bonchev–Trinajstić information content (AvgIpc) is 2.62. The molecule has 0 fully saturated rings. The summed E-state index contributed by atoms with van der Waals surface area (Å²) in [6.45, 7) is 1.31. The number of hydrogen-bond donors (Lipinski definition) is 3. The highest BCUT2D eigenvalue weighted by atomic mass is 16.5. The van der Waals surface area contributed by atoms with Gasteiger partial charge in [0, 0.05) is 0 Å². The Kier molecular flexibility index (Phi) is 6.05. The van der Waals surface area contributed by atoms with Crippen LogP contribution in [0.1, 0.15) is 17.3 Å². The first-order chi connectivity index (χ1) is 12.4. The van der Waals surface area contributed by atoms with Gasteiger partial charge >= 0.3 is 5.97 Å². The van der Waals surface area contributed by atoms with Crippen molar-refractivity contribution in [1.29, 1.82) is 0 Å². The van der Waals surface area contributed by atoms with Crippen molar-refractivity contribution in [2.45, 2.75) is 6.92 Å². The van der Waals surface area contributed by atoms with E-state index < -0.39 is 11.9 Å². The number of nitrogens with one attached hydrogen (secondary N) is 1. The van der Waals surface area contributed by atoms with Gasteiger partial charge in [0.1, 0.15) is 11.5 Å². The van der Waals surface area contributed by atoms with Gasteiger partial charge in [-0.3, -0.25) is 4.79 Å². The van der Waals surface area contributed by atoms with E-state index in [1.165, 1.54) is 38.3 Å². The number of carbonyl (C=O) groups excluding carboxylic acids is 1. The molecule has 0 atom stereocenters. The van der Waals surface area contributed by atoms with Gasteiger partial charge in [0.2, 0.25) is 0 Å². The number of carboxylic acid groups (broad SMARTS) is 1. The SMILES string of the molecule is COc1ccccc1NC(=O)/C(N=Nc1ccc(C(=O)O)cc1)=C(\C)O. The van der Waals surface area contributed by atoms with Crippen LogP contribution in [-0.4, -0.2) is 29.2 Å². The highest BCUT2D eigenvalue weighted by molar-refractivity contribution is 6.04. The van der Waals surface area contributed by atoms with Crippen molar-refractivity contribution < 1.29 is 24.5 Å². The second-order valence-electron chi connectivity index (χ2n) is 5.14. The van der Waals surface area contributed by atoms with Gasteiger partial charge in [-0.2, -0.15) is 5.11 Å². The number of ether oxygens (including phenoxy) is 1. The molecule has 0 aliphatic rings. The van der Waals surface area contributed by atoms with Crippen molar-refractivity contribution in [2.24, 2.45) is 10.2 Å². The summed E-state index contributed by atoms with van der Waals surface area (Å²) in [4.78, 5) is 23.2. The number of hydrogen-bond acceptors (Lipinski definition) is 6. The van der Waals surface area contributed by atoms with E-state index in [9.17, 15) is 14.7 Å². The summed E-state index contributed by atoms with van der Waals surface area (Å²) in [5, 5.41) is 28.8. The third-order valence-electron chi connectivity index (χ3n) is 3.29. The van der Waals surface area contributed by atoms with Gasteiger partial charge in [-0.25, -0.2) is 4.79 Å². The standard InChI is InChI=1S/C18H17N3O5/c1-11(22)16(17(23)19-14-5-3-4-6-15(14)26-2)21-20-13-9-7-12(8-10-13)18(24)25/h3-10,22H,1-2H3,(H,19,23)(H,24,25)/b16-11-,21-20?. The van der Waals surface area contributed by atoms with Crippen molar-refractivity contribution in [3.8, 4) is 5.75 Å². The summed E-state index contributed by atoms with van der Waals surface area (Å²) in [7, 11) is 1.47. The van der Waals surface area contributed by atoms with Crippen LogP contribution in [0.4, 0.5) is 11.4 Å². The third kappa shape index (κ3) is 4.67. The van der Waals surface area contributed by atoms with E-state index in [1.807, 2.05) is 0 Å². The van der Waals surface area contributed by atoms with E-state index in [1.54, 1.807) is 24.3 Å². The molecule has 0 unspecified atom stereocenters.